The lowest BCUT2D eigenvalue weighted by Crippen LogP contribution is -2.09. The Bertz CT molecular complexity index is 601. The molecule has 7 heteroatoms. The van der Waals surface area contributed by atoms with E-state index in [0.29, 0.717) is 6.54 Å². The van der Waals surface area contributed by atoms with E-state index in [1.54, 1.807) is 0 Å². The fraction of sp³-hybridized carbons (Fsp3) is 0.167. The van der Waals surface area contributed by atoms with Crippen molar-refractivity contribution >= 4 is 17.5 Å². The Labute approximate surface area is 109 Å². The topological polar surface area (TPSA) is 107 Å². The molecule has 7 nitrogen and oxygen atoms in total. The summed E-state index contributed by atoms with van der Waals surface area (Å²) < 4.78 is 0. The van der Waals surface area contributed by atoms with Crippen LogP contribution in [0.5, 0.6) is 0 Å². The van der Waals surface area contributed by atoms with E-state index in [9.17, 15) is 10.1 Å². The van der Waals surface area contributed by atoms with E-state index in [-0.39, 0.29) is 23.1 Å². The fourth-order valence-electron chi connectivity index (χ4n) is 1.71. The van der Waals surface area contributed by atoms with Crippen LogP contribution in [0, 0.1) is 17.0 Å². The van der Waals surface area contributed by atoms with Crippen LogP contribution < -0.4 is 11.1 Å². The highest BCUT2D eigenvalue weighted by Gasteiger charge is 2.21. The van der Waals surface area contributed by atoms with Gasteiger partial charge in [0, 0.05) is 6.54 Å². The molecule has 1 aromatic carbocycles. The maximum atomic E-state index is 11.0. The third-order valence-electron chi connectivity index (χ3n) is 2.56. The van der Waals surface area contributed by atoms with Gasteiger partial charge in [-0.3, -0.25) is 10.1 Å². The van der Waals surface area contributed by atoms with Crippen LogP contribution in [0.1, 0.15) is 11.3 Å². The van der Waals surface area contributed by atoms with Crippen molar-refractivity contribution in [3.63, 3.8) is 0 Å². The molecule has 0 saturated heterocycles. The number of rotatable bonds is 4. The summed E-state index contributed by atoms with van der Waals surface area (Å²) in [7, 11) is 0. The number of nitrogen functional groups attached to an aromatic ring is 1. The van der Waals surface area contributed by atoms with Crippen LogP contribution >= 0.6 is 0 Å². The minimum atomic E-state index is -0.512. The molecule has 0 aliphatic carbocycles. The minimum absolute atomic E-state index is 0.0126. The lowest BCUT2D eigenvalue weighted by atomic mass is 10.2. The number of hydrogen-bond acceptors (Lipinski definition) is 6. The Balaban J connectivity index is 2.27. The normalized spacial score (nSPS) is 10.2. The van der Waals surface area contributed by atoms with Gasteiger partial charge in [0.1, 0.15) is 5.69 Å². The molecule has 0 radical (unpaired) electrons. The molecule has 1 aromatic heterocycles. The summed E-state index contributed by atoms with van der Waals surface area (Å²) in [6, 6.07) is 9.52. The maximum absolute atomic E-state index is 11.0. The van der Waals surface area contributed by atoms with Gasteiger partial charge < -0.3 is 11.1 Å². The molecular weight excluding hydrogens is 246 g/mol. The molecule has 0 unspecified atom stereocenters. The third kappa shape index (κ3) is 2.95. The van der Waals surface area contributed by atoms with Gasteiger partial charge in [0.15, 0.2) is 0 Å². The van der Waals surface area contributed by atoms with E-state index in [1.165, 1.54) is 6.92 Å². The molecule has 2 aromatic rings. The summed E-state index contributed by atoms with van der Waals surface area (Å²) in [6.07, 6.45) is 0. The number of hydrogen-bond donors (Lipinski definition) is 2. The van der Waals surface area contributed by atoms with Crippen LogP contribution in [-0.4, -0.2) is 14.9 Å². The second kappa shape index (κ2) is 5.30. The molecule has 0 fully saturated rings. The van der Waals surface area contributed by atoms with Gasteiger partial charge in [0.2, 0.25) is 11.8 Å². The van der Waals surface area contributed by atoms with Crippen molar-refractivity contribution < 1.29 is 4.92 Å². The van der Waals surface area contributed by atoms with Gasteiger partial charge in [-0.15, -0.1) is 0 Å². The molecule has 0 spiro atoms. The molecule has 1 heterocycles. The van der Waals surface area contributed by atoms with Crippen LogP contribution in [-0.2, 0) is 6.54 Å². The van der Waals surface area contributed by atoms with Crippen molar-refractivity contribution in [2.24, 2.45) is 0 Å². The van der Waals surface area contributed by atoms with Gasteiger partial charge >= 0.3 is 5.69 Å². The number of aromatic nitrogens is 2. The third-order valence-corrected chi connectivity index (χ3v) is 2.56. The number of nitro groups is 1. The summed E-state index contributed by atoms with van der Waals surface area (Å²) in [5.41, 5.74) is 6.60. The van der Waals surface area contributed by atoms with E-state index in [0.717, 1.165) is 5.56 Å². The Morgan fingerprint density at radius 3 is 2.63 bits per heavy atom. The van der Waals surface area contributed by atoms with Gasteiger partial charge in [-0.05, 0) is 12.5 Å². The summed E-state index contributed by atoms with van der Waals surface area (Å²) in [6.45, 7) is 1.96. The Morgan fingerprint density at radius 1 is 1.32 bits per heavy atom. The second-order valence-corrected chi connectivity index (χ2v) is 3.96. The highest BCUT2D eigenvalue weighted by molar-refractivity contribution is 5.60. The first-order chi connectivity index (χ1) is 9.08. The van der Waals surface area contributed by atoms with Crippen LogP contribution in [0.4, 0.5) is 17.5 Å². The van der Waals surface area contributed by atoms with Gasteiger partial charge in [-0.1, -0.05) is 30.3 Å². The van der Waals surface area contributed by atoms with Crippen molar-refractivity contribution in [3.8, 4) is 0 Å². The van der Waals surface area contributed by atoms with Gasteiger partial charge in [0.05, 0.1) is 4.92 Å². The van der Waals surface area contributed by atoms with Gasteiger partial charge in [-0.25, -0.2) is 4.98 Å². The average Bonchev–Trinajstić information content (AvgIpc) is 2.36. The lowest BCUT2D eigenvalue weighted by molar-refractivity contribution is -0.385. The SMILES string of the molecule is Cc1nc(N)nc(NCc2ccccc2)c1[N+](=O)[O-]. The summed E-state index contributed by atoms with van der Waals surface area (Å²) in [5.74, 6) is 0.150. The molecule has 0 aliphatic heterocycles. The van der Waals surface area contributed by atoms with Crippen molar-refractivity contribution in [3.05, 3.63) is 51.7 Å². The predicted molar refractivity (Wildman–Crippen MR) is 71.6 cm³/mol. The molecule has 0 atom stereocenters. The Hall–Kier alpha value is -2.70. The molecule has 0 amide bonds. The zero-order valence-corrected chi connectivity index (χ0v) is 10.3. The first-order valence-electron chi connectivity index (χ1n) is 5.64. The van der Waals surface area contributed by atoms with Crippen LogP contribution in [0.15, 0.2) is 30.3 Å². The average molecular weight is 259 g/mol. The molecule has 98 valence electrons. The Morgan fingerprint density at radius 2 is 2.00 bits per heavy atom. The summed E-state index contributed by atoms with van der Waals surface area (Å²) >= 11 is 0. The maximum Gasteiger partial charge on any atom is 0.332 e. The van der Waals surface area contributed by atoms with Gasteiger partial charge in [0.25, 0.3) is 0 Å². The fourth-order valence-corrected chi connectivity index (χ4v) is 1.71. The number of benzene rings is 1. The first-order valence-corrected chi connectivity index (χ1v) is 5.64. The van der Waals surface area contributed by atoms with Crippen molar-refractivity contribution in [1.29, 1.82) is 0 Å². The highest BCUT2D eigenvalue weighted by Crippen LogP contribution is 2.26. The quantitative estimate of drug-likeness (QED) is 0.641. The van der Waals surface area contributed by atoms with Crippen molar-refractivity contribution in [2.45, 2.75) is 13.5 Å². The molecule has 0 bridgehead atoms. The second-order valence-electron chi connectivity index (χ2n) is 3.96. The smallest absolute Gasteiger partial charge is 0.332 e. The molecular formula is C12H13N5O2. The molecule has 0 aliphatic rings. The zero-order chi connectivity index (χ0) is 13.8. The number of nitrogens with zero attached hydrogens (tertiary/aromatic N) is 3. The van der Waals surface area contributed by atoms with E-state index < -0.39 is 4.92 Å². The number of aryl methyl sites for hydroxylation is 1. The highest BCUT2D eigenvalue weighted by atomic mass is 16.6. The number of anilines is 2. The van der Waals surface area contributed by atoms with Crippen LogP contribution in [0.25, 0.3) is 0 Å². The number of nitrogens with one attached hydrogen (secondary N) is 1. The van der Waals surface area contributed by atoms with E-state index in [1.807, 2.05) is 30.3 Å². The molecule has 19 heavy (non-hydrogen) atoms. The monoisotopic (exact) mass is 259 g/mol. The molecule has 3 N–H and O–H groups in total. The standard InChI is InChI=1S/C12H13N5O2/c1-8-10(17(18)19)11(16-12(13)15-8)14-7-9-5-3-2-4-6-9/h2-6H,7H2,1H3,(H3,13,14,15,16). The van der Waals surface area contributed by atoms with Crippen LogP contribution in [0.3, 0.4) is 0 Å². The van der Waals surface area contributed by atoms with E-state index in [2.05, 4.69) is 15.3 Å². The summed E-state index contributed by atoms with van der Waals surface area (Å²) in [5, 5.41) is 13.9. The minimum Gasteiger partial charge on any atom is -0.368 e. The zero-order valence-electron chi connectivity index (χ0n) is 10.3. The van der Waals surface area contributed by atoms with E-state index >= 15 is 0 Å². The first kappa shape index (κ1) is 12.7. The van der Waals surface area contributed by atoms with Crippen LogP contribution in [0.2, 0.25) is 0 Å². The van der Waals surface area contributed by atoms with E-state index in [4.69, 9.17) is 5.73 Å². The van der Waals surface area contributed by atoms with Crippen molar-refractivity contribution in [2.75, 3.05) is 11.1 Å². The molecule has 0 saturated carbocycles. The van der Waals surface area contributed by atoms with Gasteiger partial charge in [-0.2, -0.15) is 4.98 Å². The number of nitrogens with two attached hydrogens (primary N) is 1. The Kier molecular flexibility index (Phi) is 3.56. The van der Waals surface area contributed by atoms with Crippen molar-refractivity contribution in [1.82, 2.24) is 9.97 Å². The largest absolute Gasteiger partial charge is 0.368 e. The summed E-state index contributed by atoms with van der Waals surface area (Å²) in [4.78, 5) is 18.2. The predicted octanol–water partition coefficient (Wildman–Crippen LogP) is 1.89. The lowest BCUT2D eigenvalue weighted by Gasteiger charge is -2.08. The molecule has 2 rings (SSSR count).